The quantitative estimate of drug-likeness (QED) is 0.822. The Labute approximate surface area is 106 Å². The van der Waals surface area contributed by atoms with Crippen molar-refractivity contribution in [3.63, 3.8) is 0 Å². The summed E-state index contributed by atoms with van der Waals surface area (Å²) in [7, 11) is 1.62. The van der Waals surface area contributed by atoms with Crippen molar-refractivity contribution in [3.05, 3.63) is 29.0 Å². The lowest BCUT2D eigenvalue weighted by Crippen LogP contribution is -2.41. The van der Waals surface area contributed by atoms with Crippen molar-refractivity contribution in [3.8, 4) is 0 Å². The zero-order chi connectivity index (χ0) is 12.8. The summed E-state index contributed by atoms with van der Waals surface area (Å²) in [6.45, 7) is 4.55. The van der Waals surface area contributed by atoms with Crippen LogP contribution in [0.3, 0.4) is 0 Å². The van der Waals surface area contributed by atoms with Crippen molar-refractivity contribution in [2.24, 2.45) is 5.92 Å². The van der Waals surface area contributed by atoms with E-state index >= 15 is 0 Å². The first-order valence-corrected chi connectivity index (χ1v) is 5.83. The molecule has 1 unspecified atom stereocenters. The van der Waals surface area contributed by atoms with E-state index in [1.165, 1.54) is 6.20 Å². The Bertz CT molecular complexity index is 383. The molecule has 0 aliphatic rings. The lowest BCUT2D eigenvalue weighted by Gasteiger charge is -2.21. The molecule has 0 fully saturated rings. The van der Waals surface area contributed by atoms with Gasteiger partial charge in [0.15, 0.2) is 0 Å². The Morgan fingerprint density at radius 1 is 1.59 bits per heavy atom. The van der Waals surface area contributed by atoms with Crippen LogP contribution in [0.25, 0.3) is 0 Å². The Hall–Kier alpha value is -1.13. The van der Waals surface area contributed by atoms with Gasteiger partial charge in [-0.15, -0.1) is 0 Å². The van der Waals surface area contributed by atoms with Gasteiger partial charge in [-0.3, -0.25) is 4.79 Å². The molecule has 0 saturated carbocycles. The summed E-state index contributed by atoms with van der Waals surface area (Å²) in [5, 5.41) is 3.22. The highest BCUT2D eigenvalue weighted by atomic mass is 35.5. The summed E-state index contributed by atoms with van der Waals surface area (Å²) in [5.74, 6) is 0.140. The molecular weight excluding hydrogens is 240 g/mol. The number of amides is 1. The summed E-state index contributed by atoms with van der Waals surface area (Å²) >= 11 is 5.73. The number of hydrogen-bond donors (Lipinski definition) is 1. The van der Waals surface area contributed by atoms with Crippen LogP contribution < -0.4 is 5.32 Å². The number of nitrogens with zero attached hydrogens (tertiary/aromatic N) is 1. The van der Waals surface area contributed by atoms with Gasteiger partial charge in [0.25, 0.3) is 5.91 Å². The Morgan fingerprint density at radius 2 is 2.29 bits per heavy atom. The van der Waals surface area contributed by atoms with Crippen LogP contribution in [0.2, 0.25) is 5.15 Å². The van der Waals surface area contributed by atoms with Crippen LogP contribution in [0.15, 0.2) is 18.3 Å². The molecule has 0 radical (unpaired) electrons. The molecule has 4 nitrogen and oxygen atoms in total. The van der Waals surface area contributed by atoms with Gasteiger partial charge in [0, 0.05) is 18.9 Å². The van der Waals surface area contributed by atoms with E-state index in [1.54, 1.807) is 19.2 Å². The molecule has 0 aliphatic heterocycles. The second-order valence-corrected chi connectivity index (χ2v) is 4.53. The van der Waals surface area contributed by atoms with E-state index in [2.05, 4.69) is 10.3 Å². The molecule has 1 amide bonds. The third kappa shape index (κ3) is 4.32. The molecule has 5 heteroatoms. The van der Waals surface area contributed by atoms with Gasteiger partial charge in [0.05, 0.1) is 12.6 Å². The highest BCUT2D eigenvalue weighted by Gasteiger charge is 2.17. The fourth-order valence-electron chi connectivity index (χ4n) is 1.38. The zero-order valence-electron chi connectivity index (χ0n) is 10.2. The number of halogens is 1. The van der Waals surface area contributed by atoms with E-state index in [-0.39, 0.29) is 11.9 Å². The highest BCUT2D eigenvalue weighted by Crippen LogP contribution is 2.08. The molecule has 0 spiro atoms. The minimum Gasteiger partial charge on any atom is -0.383 e. The molecule has 1 aromatic rings. The predicted molar refractivity (Wildman–Crippen MR) is 67.2 cm³/mol. The van der Waals surface area contributed by atoms with Crippen LogP contribution in [0.4, 0.5) is 0 Å². The monoisotopic (exact) mass is 256 g/mol. The molecular formula is C12H17ClN2O2. The van der Waals surface area contributed by atoms with E-state index in [9.17, 15) is 4.79 Å². The second-order valence-electron chi connectivity index (χ2n) is 4.15. The third-order valence-electron chi connectivity index (χ3n) is 2.46. The molecule has 1 rings (SSSR count). The van der Waals surface area contributed by atoms with E-state index in [1.807, 2.05) is 13.8 Å². The number of rotatable bonds is 5. The first-order chi connectivity index (χ1) is 8.04. The molecule has 1 aromatic heterocycles. The number of aromatic nitrogens is 1. The first kappa shape index (κ1) is 13.9. The number of ether oxygens (including phenoxy) is 1. The number of hydrogen-bond acceptors (Lipinski definition) is 3. The van der Waals surface area contributed by atoms with Crippen molar-refractivity contribution in [1.82, 2.24) is 10.3 Å². The molecule has 0 aromatic carbocycles. The third-order valence-corrected chi connectivity index (χ3v) is 2.66. The van der Waals surface area contributed by atoms with Crippen LogP contribution in [0.5, 0.6) is 0 Å². The van der Waals surface area contributed by atoms with Crippen LogP contribution in [-0.2, 0) is 4.74 Å². The van der Waals surface area contributed by atoms with Crippen molar-refractivity contribution in [1.29, 1.82) is 0 Å². The fraction of sp³-hybridized carbons (Fsp3) is 0.500. The van der Waals surface area contributed by atoms with Gasteiger partial charge in [0.1, 0.15) is 5.15 Å². The van der Waals surface area contributed by atoms with E-state index < -0.39 is 0 Å². The molecule has 1 heterocycles. The van der Waals surface area contributed by atoms with Crippen molar-refractivity contribution in [2.75, 3.05) is 13.7 Å². The standard InChI is InChI=1S/C12H17ClN2O2/c1-8(2)10(7-17-3)15-12(16)9-4-5-14-11(13)6-9/h4-6,8,10H,7H2,1-3H3,(H,15,16). The van der Waals surface area contributed by atoms with Crippen molar-refractivity contribution >= 4 is 17.5 Å². The smallest absolute Gasteiger partial charge is 0.251 e. The van der Waals surface area contributed by atoms with E-state index in [4.69, 9.17) is 16.3 Å². The maximum absolute atomic E-state index is 11.9. The minimum absolute atomic E-state index is 0.0144. The molecule has 94 valence electrons. The van der Waals surface area contributed by atoms with Gasteiger partial charge in [0.2, 0.25) is 0 Å². The SMILES string of the molecule is COCC(NC(=O)c1ccnc(Cl)c1)C(C)C. The van der Waals surface area contributed by atoms with E-state index in [0.29, 0.717) is 23.2 Å². The van der Waals surface area contributed by atoms with Gasteiger partial charge >= 0.3 is 0 Å². The van der Waals surface area contributed by atoms with Crippen LogP contribution >= 0.6 is 11.6 Å². The number of pyridine rings is 1. The molecule has 17 heavy (non-hydrogen) atoms. The molecule has 0 bridgehead atoms. The number of carbonyl (C=O) groups is 1. The number of carbonyl (C=O) groups excluding carboxylic acids is 1. The second kappa shape index (κ2) is 6.57. The molecule has 0 saturated heterocycles. The average Bonchev–Trinajstić information content (AvgIpc) is 2.28. The maximum atomic E-state index is 11.9. The average molecular weight is 257 g/mol. The van der Waals surface area contributed by atoms with Crippen LogP contribution in [-0.4, -0.2) is 30.6 Å². The Balaban J connectivity index is 2.70. The van der Waals surface area contributed by atoms with Crippen LogP contribution in [0, 0.1) is 5.92 Å². The number of methoxy groups -OCH3 is 1. The lowest BCUT2D eigenvalue weighted by molar-refractivity contribution is 0.0866. The summed E-state index contributed by atoms with van der Waals surface area (Å²) in [6.07, 6.45) is 1.51. The largest absolute Gasteiger partial charge is 0.383 e. The highest BCUT2D eigenvalue weighted by molar-refractivity contribution is 6.29. The zero-order valence-corrected chi connectivity index (χ0v) is 11.0. The lowest BCUT2D eigenvalue weighted by atomic mass is 10.0. The van der Waals surface area contributed by atoms with Gasteiger partial charge in [-0.2, -0.15) is 0 Å². The Kier molecular flexibility index (Phi) is 5.38. The normalized spacial score (nSPS) is 12.5. The maximum Gasteiger partial charge on any atom is 0.251 e. The van der Waals surface area contributed by atoms with Crippen molar-refractivity contribution < 1.29 is 9.53 Å². The summed E-state index contributed by atoms with van der Waals surface area (Å²) < 4.78 is 5.07. The summed E-state index contributed by atoms with van der Waals surface area (Å²) in [4.78, 5) is 15.8. The van der Waals surface area contributed by atoms with E-state index in [0.717, 1.165) is 0 Å². The van der Waals surface area contributed by atoms with Crippen LogP contribution in [0.1, 0.15) is 24.2 Å². The first-order valence-electron chi connectivity index (χ1n) is 5.46. The summed E-state index contributed by atoms with van der Waals surface area (Å²) in [6, 6.07) is 3.16. The van der Waals surface area contributed by atoms with Gasteiger partial charge in [-0.1, -0.05) is 25.4 Å². The van der Waals surface area contributed by atoms with Gasteiger partial charge in [-0.25, -0.2) is 4.98 Å². The van der Waals surface area contributed by atoms with Crippen molar-refractivity contribution in [2.45, 2.75) is 19.9 Å². The molecule has 1 N–H and O–H groups in total. The van der Waals surface area contributed by atoms with Gasteiger partial charge < -0.3 is 10.1 Å². The van der Waals surface area contributed by atoms with Gasteiger partial charge in [-0.05, 0) is 18.1 Å². The Morgan fingerprint density at radius 3 is 2.82 bits per heavy atom. The summed E-state index contributed by atoms with van der Waals surface area (Å²) in [5.41, 5.74) is 0.506. The predicted octanol–water partition coefficient (Wildman–Crippen LogP) is 2.14. The minimum atomic E-state index is -0.162. The molecule has 0 aliphatic carbocycles. The number of nitrogens with one attached hydrogen (secondary N) is 1. The fourth-order valence-corrected chi connectivity index (χ4v) is 1.55. The topological polar surface area (TPSA) is 51.2 Å². The molecule has 1 atom stereocenters.